The predicted octanol–water partition coefficient (Wildman–Crippen LogP) is 2.48. The molecule has 0 aromatic heterocycles. The molecule has 0 aromatic rings. The standard InChI is InChI=1S/C13H28N2/c1-11(2)6-8-15(13-4-5-13)9-7-12(3)10-14/h11-13H,4-10,14H2,1-3H3. The van der Waals surface area contributed by atoms with Crippen molar-refractivity contribution in [1.29, 1.82) is 0 Å². The lowest BCUT2D eigenvalue weighted by atomic mass is 10.1. The molecule has 2 nitrogen and oxygen atoms in total. The molecule has 2 N–H and O–H groups in total. The van der Waals surface area contributed by atoms with E-state index in [1.165, 1.54) is 38.8 Å². The summed E-state index contributed by atoms with van der Waals surface area (Å²) in [6.45, 7) is 10.3. The van der Waals surface area contributed by atoms with Gasteiger partial charge in [0.15, 0.2) is 0 Å². The molecule has 0 heterocycles. The summed E-state index contributed by atoms with van der Waals surface area (Å²) in [5.41, 5.74) is 5.65. The van der Waals surface area contributed by atoms with Crippen LogP contribution in [0, 0.1) is 11.8 Å². The molecule has 0 spiro atoms. The third-order valence-corrected chi connectivity index (χ3v) is 3.37. The second-order valence-corrected chi connectivity index (χ2v) is 5.58. The summed E-state index contributed by atoms with van der Waals surface area (Å²) in [5.74, 6) is 1.52. The minimum Gasteiger partial charge on any atom is -0.330 e. The van der Waals surface area contributed by atoms with E-state index in [0.717, 1.165) is 18.5 Å². The summed E-state index contributed by atoms with van der Waals surface area (Å²) >= 11 is 0. The fourth-order valence-corrected chi connectivity index (χ4v) is 1.84. The van der Waals surface area contributed by atoms with Gasteiger partial charge in [-0.3, -0.25) is 0 Å². The lowest BCUT2D eigenvalue weighted by Gasteiger charge is -2.24. The SMILES string of the molecule is CC(C)CCN(CCC(C)CN)C1CC1. The Kier molecular flexibility index (Phi) is 5.62. The van der Waals surface area contributed by atoms with Crippen molar-refractivity contribution in [1.82, 2.24) is 4.90 Å². The highest BCUT2D eigenvalue weighted by Crippen LogP contribution is 2.27. The second kappa shape index (κ2) is 6.49. The zero-order valence-corrected chi connectivity index (χ0v) is 10.7. The van der Waals surface area contributed by atoms with Crippen molar-refractivity contribution in [2.75, 3.05) is 19.6 Å². The summed E-state index contributed by atoms with van der Waals surface area (Å²) in [4.78, 5) is 2.69. The van der Waals surface area contributed by atoms with Crippen LogP contribution in [0.3, 0.4) is 0 Å². The number of rotatable bonds is 8. The first-order valence-corrected chi connectivity index (χ1v) is 6.57. The van der Waals surface area contributed by atoms with Crippen LogP contribution in [-0.2, 0) is 0 Å². The zero-order chi connectivity index (χ0) is 11.3. The van der Waals surface area contributed by atoms with Crippen LogP contribution in [-0.4, -0.2) is 30.6 Å². The molecular formula is C13H28N2. The average molecular weight is 212 g/mol. The van der Waals surface area contributed by atoms with Crippen molar-refractivity contribution >= 4 is 0 Å². The Bertz CT molecular complexity index is 164. The lowest BCUT2D eigenvalue weighted by Crippen LogP contribution is -2.31. The van der Waals surface area contributed by atoms with E-state index in [1.807, 2.05) is 0 Å². The van der Waals surface area contributed by atoms with Gasteiger partial charge in [0.25, 0.3) is 0 Å². The fraction of sp³-hybridized carbons (Fsp3) is 1.00. The van der Waals surface area contributed by atoms with Gasteiger partial charge in [-0.05, 0) is 57.2 Å². The Morgan fingerprint density at radius 3 is 2.20 bits per heavy atom. The van der Waals surface area contributed by atoms with Gasteiger partial charge < -0.3 is 10.6 Å². The van der Waals surface area contributed by atoms with E-state index < -0.39 is 0 Å². The van der Waals surface area contributed by atoms with Crippen molar-refractivity contribution < 1.29 is 0 Å². The van der Waals surface area contributed by atoms with Gasteiger partial charge in [-0.25, -0.2) is 0 Å². The van der Waals surface area contributed by atoms with E-state index in [1.54, 1.807) is 0 Å². The quantitative estimate of drug-likeness (QED) is 0.670. The Labute approximate surface area is 95.2 Å². The molecule has 1 fully saturated rings. The van der Waals surface area contributed by atoms with E-state index >= 15 is 0 Å². The molecular weight excluding hydrogens is 184 g/mol. The molecule has 1 aliphatic rings. The molecule has 0 aromatic carbocycles. The molecule has 1 unspecified atom stereocenters. The summed E-state index contributed by atoms with van der Waals surface area (Å²) < 4.78 is 0. The summed E-state index contributed by atoms with van der Waals surface area (Å²) in [6.07, 6.45) is 5.46. The molecule has 0 bridgehead atoms. The summed E-state index contributed by atoms with van der Waals surface area (Å²) in [7, 11) is 0. The molecule has 1 rings (SSSR count). The van der Waals surface area contributed by atoms with Crippen LogP contribution in [0.4, 0.5) is 0 Å². The highest BCUT2D eigenvalue weighted by Gasteiger charge is 2.28. The van der Waals surface area contributed by atoms with E-state index in [0.29, 0.717) is 5.92 Å². The molecule has 1 atom stereocenters. The fourth-order valence-electron chi connectivity index (χ4n) is 1.84. The van der Waals surface area contributed by atoms with Gasteiger partial charge in [0.1, 0.15) is 0 Å². The van der Waals surface area contributed by atoms with Crippen molar-refractivity contribution in [3.8, 4) is 0 Å². The van der Waals surface area contributed by atoms with Crippen molar-refractivity contribution in [2.24, 2.45) is 17.6 Å². The van der Waals surface area contributed by atoms with Crippen molar-refractivity contribution in [3.63, 3.8) is 0 Å². The average Bonchev–Trinajstić information content (AvgIpc) is 3.00. The molecule has 0 amide bonds. The largest absolute Gasteiger partial charge is 0.330 e. The predicted molar refractivity (Wildman–Crippen MR) is 66.9 cm³/mol. The highest BCUT2D eigenvalue weighted by molar-refractivity contribution is 4.84. The lowest BCUT2D eigenvalue weighted by molar-refractivity contribution is 0.232. The van der Waals surface area contributed by atoms with Crippen LogP contribution < -0.4 is 5.73 Å². The van der Waals surface area contributed by atoms with Gasteiger partial charge in [0, 0.05) is 6.04 Å². The third-order valence-electron chi connectivity index (χ3n) is 3.37. The highest BCUT2D eigenvalue weighted by atomic mass is 15.2. The van der Waals surface area contributed by atoms with Crippen molar-refractivity contribution in [3.05, 3.63) is 0 Å². The first-order chi connectivity index (χ1) is 7.13. The van der Waals surface area contributed by atoms with Crippen LogP contribution in [0.2, 0.25) is 0 Å². The van der Waals surface area contributed by atoms with Gasteiger partial charge in [-0.15, -0.1) is 0 Å². The third kappa shape index (κ3) is 5.53. The summed E-state index contributed by atoms with van der Waals surface area (Å²) in [5, 5.41) is 0. The molecule has 15 heavy (non-hydrogen) atoms. The maximum atomic E-state index is 5.65. The summed E-state index contributed by atoms with van der Waals surface area (Å²) in [6, 6.07) is 0.911. The monoisotopic (exact) mass is 212 g/mol. The van der Waals surface area contributed by atoms with Crippen LogP contribution in [0.5, 0.6) is 0 Å². The molecule has 2 heteroatoms. The van der Waals surface area contributed by atoms with E-state index in [9.17, 15) is 0 Å². The molecule has 90 valence electrons. The Balaban J connectivity index is 2.18. The normalized spacial score (nSPS) is 18.8. The Hall–Kier alpha value is -0.0800. The van der Waals surface area contributed by atoms with Crippen LogP contribution in [0.1, 0.15) is 46.5 Å². The number of hydrogen-bond donors (Lipinski definition) is 1. The maximum absolute atomic E-state index is 5.65. The zero-order valence-electron chi connectivity index (χ0n) is 10.7. The minimum atomic E-state index is 0.685. The molecule has 0 saturated heterocycles. The molecule has 1 aliphatic carbocycles. The minimum absolute atomic E-state index is 0.685. The van der Waals surface area contributed by atoms with Gasteiger partial charge in [0.05, 0.1) is 0 Å². The van der Waals surface area contributed by atoms with Crippen LogP contribution in [0.15, 0.2) is 0 Å². The number of nitrogens with two attached hydrogens (primary N) is 1. The van der Waals surface area contributed by atoms with E-state index in [2.05, 4.69) is 25.7 Å². The van der Waals surface area contributed by atoms with E-state index in [-0.39, 0.29) is 0 Å². The van der Waals surface area contributed by atoms with Gasteiger partial charge in [-0.1, -0.05) is 20.8 Å². The topological polar surface area (TPSA) is 29.3 Å². The molecule has 1 saturated carbocycles. The van der Waals surface area contributed by atoms with Crippen molar-refractivity contribution in [2.45, 2.75) is 52.5 Å². The first-order valence-electron chi connectivity index (χ1n) is 6.57. The number of nitrogens with zero attached hydrogens (tertiary/aromatic N) is 1. The Morgan fingerprint density at radius 2 is 1.73 bits per heavy atom. The van der Waals surface area contributed by atoms with E-state index in [4.69, 9.17) is 5.73 Å². The smallest absolute Gasteiger partial charge is 0.00964 e. The van der Waals surface area contributed by atoms with Crippen LogP contribution in [0.25, 0.3) is 0 Å². The number of hydrogen-bond acceptors (Lipinski definition) is 2. The molecule has 0 radical (unpaired) electrons. The van der Waals surface area contributed by atoms with Crippen LogP contribution >= 0.6 is 0 Å². The maximum Gasteiger partial charge on any atom is 0.00964 e. The Morgan fingerprint density at radius 1 is 1.13 bits per heavy atom. The first kappa shape index (κ1) is 13.0. The molecule has 0 aliphatic heterocycles. The van der Waals surface area contributed by atoms with Gasteiger partial charge in [0.2, 0.25) is 0 Å². The van der Waals surface area contributed by atoms with Gasteiger partial charge >= 0.3 is 0 Å². The second-order valence-electron chi connectivity index (χ2n) is 5.58. The van der Waals surface area contributed by atoms with Gasteiger partial charge in [-0.2, -0.15) is 0 Å².